The molecule has 4 heteroatoms. The fourth-order valence-corrected chi connectivity index (χ4v) is 2.45. The number of nitrogens with zero attached hydrogens (tertiary/aromatic N) is 1. The van der Waals surface area contributed by atoms with Crippen molar-refractivity contribution in [2.45, 2.75) is 32.4 Å². The van der Waals surface area contributed by atoms with Crippen molar-refractivity contribution >= 4 is 5.91 Å². The average molecular weight is 301 g/mol. The topological polar surface area (TPSA) is 20.3 Å². The summed E-state index contributed by atoms with van der Waals surface area (Å²) in [6.07, 6.45) is 1.82. The lowest BCUT2D eigenvalue weighted by atomic mass is 10.1. The van der Waals surface area contributed by atoms with Crippen molar-refractivity contribution in [3.8, 4) is 0 Å². The van der Waals surface area contributed by atoms with Crippen molar-refractivity contribution in [2.75, 3.05) is 0 Å². The molecule has 1 saturated carbocycles. The molecule has 0 aliphatic heterocycles. The summed E-state index contributed by atoms with van der Waals surface area (Å²) in [6.45, 7) is 1.87. The number of rotatable bonds is 4. The maximum absolute atomic E-state index is 13.8. The second-order valence-electron chi connectivity index (χ2n) is 5.72. The minimum absolute atomic E-state index is 0.122. The second-order valence-corrected chi connectivity index (χ2v) is 5.72. The minimum atomic E-state index is -0.396. The van der Waals surface area contributed by atoms with Crippen LogP contribution in [0.1, 0.15) is 34.3 Å². The first-order chi connectivity index (χ1) is 10.6. The lowest BCUT2D eigenvalue weighted by molar-refractivity contribution is 0.0728. The number of aryl methyl sites for hydroxylation is 1. The molecule has 1 aliphatic carbocycles. The quantitative estimate of drug-likeness (QED) is 0.833. The molecule has 0 saturated heterocycles. The van der Waals surface area contributed by atoms with Crippen LogP contribution >= 0.6 is 0 Å². The zero-order chi connectivity index (χ0) is 15.7. The van der Waals surface area contributed by atoms with E-state index >= 15 is 0 Å². The molecule has 0 aromatic heterocycles. The number of carbonyl (C=O) groups excluding carboxylic acids is 1. The second kappa shape index (κ2) is 5.87. The van der Waals surface area contributed by atoms with E-state index in [0.29, 0.717) is 16.7 Å². The van der Waals surface area contributed by atoms with E-state index in [1.807, 2.05) is 0 Å². The largest absolute Gasteiger partial charge is 0.331 e. The van der Waals surface area contributed by atoms with Gasteiger partial charge in [0.25, 0.3) is 5.91 Å². The Labute approximate surface area is 128 Å². The third-order valence-electron chi connectivity index (χ3n) is 3.97. The molecule has 0 unspecified atom stereocenters. The third-order valence-corrected chi connectivity index (χ3v) is 3.97. The molecule has 1 fully saturated rings. The predicted octanol–water partition coefficient (Wildman–Crippen LogP) is 4.08. The van der Waals surface area contributed by atoms with Crippen LogP contribution in [0.2, 0.25) is 0 Å². The summed E-state index contributed by atoms with van der Waals surface area (Å²) in [5.41, 5.74) is 1.30. The van der Waals surface area contributed by atoms with Crippen LogP contribution in [0, 0.1) is 18.6 Å². The van der Waals surface area contributed by atoms with Crippen molar-refractivity contribution in [1.29, 1.82) is 0 Å². The van der Waals surface area contributed by atoms with Gasteiger partial charge in [0.2, 0.25) is 0 Å². The highest BCUT2D eigenvalue weighted by Crippen LogP contribution is 2.30. The Kier molecular flexibility index (Phi) is 3.92. The Hall–Kier alpha value is -2.23. The highest BCUT2D eigenvalue weighted by molar-refractivity contribution is 5.94. The summed E-state index contributed by atoms with van der Waals surface area (Å²) in [6, 6.07) is 11.0. The lowest BCUT2D eigenvalue weighted by Crippen LogP contribution is -2.33. The Balaban J connectivity index is 1.86. The molecule has 22 heavy (non-hydrogen) atoms. The van der Waals surface area contributed by atoms with Crippen LogP contribution in [0.5, 0.6) is 0 Å². The molecule has 0 N–H and O–H groups in total. The SMILES string of the molecule is Cc1ccc(C(=O)N(Cc2ccccc2F)C2CC2)cc1F. The monoisotopic (exact) mass is 301 g/mol. The van der Waals surface area contributed by atoms with Crippen LogP contribution in [0.3, 0.4) is 0 Å². The molecular weight excluding hydrogens is 284 g/mol. The lowest BCUT2D eigenvalue weighted by Gasteiger charge is -2.23. The molecule has 1 amide bonds. The molecule has 114 valence electrons. The van der Waals surface area contributed by atoms with E-state index in [1.54, 1.807) is 42.2 Å². The van der Waals surface area contributed by atoms with Gasteiger partial charge in [-0.25, -0.2) is 8.78 Å². The van der Waals surface area contributed by atoms with Gasteiger partial charge in [0.1, 0.15) is 11.6 Å². The van der Waals surface area contributed by atoms with E-state index < -0.39 is 5.82 Å². The number of hydrogen-bond donors (Lipinski definition) is 0. The first-order valence-corrected chi connectivity index (χ1v) is 7.37. The summed E-state index contributed by atoms with van der Waals surface area (Å²) in [5.74, 6) is -0.965. The highest BCUT2D eigenvalue weighted by Gasteiger charge is 2.33. The number of benzene rings is 2. The normalized spacial score (nSPS) is 14.0. The maximum Gasteiger partial charge on any atom is 0.254 e. The van der Waals surface area contributed by atoms with Crippen molar-refractivity contribution < 1.29 is 13.6 Å². The van der Waals surface area contributed by atoms with E-state index in [1.165, 1.54) is 12.1 Å². The first kappa shape index (κ1) is 14.7. The Morgan fingerprint density at radius 3 is 2.50 bits per heavy atom. The fourth-order valence-electron chi connectivity index (χ4n) is 2.45. The Morgan fingerprint density at radius 2 is 1.86 bits per heavy atom. The van der Waals surface area contributed by atoms with Gasteiger partial charge < -0.3 is 4.90 Å². The standard InChI is InChI=1S/C18H17F2NO/c1-12-6-7-13(10-17(12)20)18(22)21(15-8-9-15)11-14-4-2-3-5-16(14)19/h2-7,10,15H,8-9,11H2,1H3. The number of amides is 1. The molecule has 0 spiro atoms. The van der Waals surface area contributed by atoms with Gasteiger partial charge in [-0.3, -0.25) is 4.79 Å². The molecule has 0 heterocycles. The van der Waals surface area contributed by atoms with Gasteiger partial charge in [-0.1, -0.05) is 24.3 Å². The molecule has 2 aromatic carbocycles. The highest BCUT2D eigenvalue weighted by atomic mass is 19.1. The van der Waals surface area contributed by atoms with Crippen LogP contribution in [-0.2, 0) is 6.54 Å². The zero-order valence-corrected chi connectivity index (χ0v) is 12.4. The Morgan fingerprint density at radius 1 is 1.14 bits per heavy atom. The first-order valence-electron chi connectivity index (χ1n) is 7.37. The van der Waals surface area contributed by atoms with E-state index in [2.05, 4.69) is 0 Å². The zero-order valence-electron chi connectivity index (χ0n) is 12.4. The molecule has 0 radical (unpaired) electrons. The summed E-state index contributed by atoms with van der Waals surface area (Å²) in [5, 5.41) is 0. The average Bonchev–Trinajstić information content (AvgIpc) is 3.33. The fraction of sp³-hybridized carbons (Fsp3) is 0.278. The molecular formula is C18H17F2NO. The van der Waals surface area contributed by atoms with E-state index in [-0.39, 0.29) is 24.3 Å². The van der Waals surface area contributed by atoms with Gasteiger partial charge in [0, 0.05) is 23.7 Å². The summed E-state index contributed by atoms with van der Waals surface area (Å²) >= 11 is 0. The smallest absolute Gasteiger partial charge is 0.254 e. The number of carbonyl (C=O) groups is 1. The van der Waals surface area contributed by atoms with Gasteiger partial charge >= 0.3 is 0 Å². The molecule has 2 nitrogen and oxygen atoms in total. The van der Waals surface area contributed by atoms with Crippen molar-refractivity contribution in [3.05, 3.63) is 70.8 Å². The number of halogens is 2. The maximum atomic E-state index is 13.8. The van der Waals surface area contributed by atoms with Gasteiger partial charge in [0.05, 0.1) is 0 Å². The van der Waals surface area contributed by atoms with Crippen LogP contribution in [0.25, 0.3) is 0 Å². The van der Waals surface area contributed by atoms with Gasteiger partial charge in [-0.15, -0.1) is 0 Å². The van der Waals surface area contributed by atoms with E-state index in [4.69, 9.17) is 0 Å². The third kappa shape index (κ3) is 3.01. The molecule has 3 rings (SSSR count). The van der Waals surface area contributed by atoms with Gasteiger partial charge in [-0.05, 0) is 43.5 Å². The van der Waals surface area contributed by atoms with Crippen LogP contribution in [0.4, 0.5) is 8.78 Å². The molecule has 0 atom stereocenters. The van der Waals surface area contributed by atoms with Crippen molar-refractivity contribution in [3.63, 3.8) is 0 Å². The van der Waals surface area contributed by atoms with Crippen molar-refractivity contribution in [2.24, 2.45) is 0 Å². The minimum Gasteiger partial charge on any atom is -0.331 e. The molecule has 1 aliphatic rings. The summed E-state index contributed by atoms with van der Waals surface area (Å²) in [7, 11) is 0. The van der Waals surface area contributed by atoms with Crippen LogP contribution in [-0.4, -0.2) is 16.8 Å². The predicted molar refractivity (Wildman–Crippen MR) is 80.4 cm³/mol. The van der Waals surface area contributed by atoms with Crippen molar-refractivity contribution in [1.82, 2.24) is 4.90 Å². The Bertz CT molecular complexity index is 710. The van der Waals surface area contributed by atoms with Crippen LogP contribution < -0.4 is 0 Å². The van der Waals surface area contributed by atoms with E-state index in [9.17, 15) is 13.6 Å². The number of hydrogen-bond acceptors (Lipinski definition) is 1. The molecule has 0 bridgehead atoms. The summed E-state index contributed by atoms with van der Waals surface area (Å²) in [4.78, 5) is 14.3. The van der Waals surface area contributed by atoms with Gasteiger partial charge in [-0.2, -0.15) is 0 Å². The van der Waals surface area contributed by atoms with Crippen LogP contribution in [0.15, 0.2) is 42.5 Å². The summed E-state index contributed by atoms with van der Waals surface area (Å²) < 4.78 is 27.5. The van der Waals surface area contributed by atoms with Gasteiger partial charge in [0.15, 0.2) is 0 Å². The molecule has 2 aromatic rings. The van der Waals surface area contributed by atoms with E-state index in [0.717, 1.165) is 12.8 Å².